The zero-order valence-corrected chi connectivity index (χ0v) is 8.74. The Morgan fingerprint density at radius 3 is 2.07 bits per heavy atom. The largest absolute Gasteiger partial charge is 0.419 e. The third-order valence-corrected chi connectivity index (χ3v) is 2.25. The first-order valence-corrected chi connectivity index (χ1v) is 4.60. The summed E-state index contributed by atoms with van der Waals surface area (Å²) in [6.07, 6.45) is -4.63. The van der Waals surface area contributed by atoms with Gasteiger partial charge in [-0.05, 0) is 30.0 Å². The van der Waals surface area contributed by atoms with Gasteiger partial charge < -0.3 is 0 Å². The number of halogens is 4. The lowest BCUT2D eigenvalue weighted by Gasteiger charge is -2.14. The Balaban J connectivity index is 3.38. The summed E-state index contributed by atoms with van der Waals surface area (Å²) in [5.41, 5.74) is -0.638. The minimum atomic E-state index is -4.63. The molecule has 0 saturated heterocycles. The molecule has 84 valence electrons. The van der Waals surface area contributed by atoms with Crippen LogP contribution >= 0.6 is 0 Å². The van der Waals surface area contributed by atoms with Crippen molar-refractivity contribution >= 4 is 0 Å². The molecule has 0 unspecified atom stereocenters. The van der Waals surface area contributed by atoms with Gasteiger partial charge >= 0.3 is 6.18 Å². The number of aryl methyl sites for hydroxylation is 1. The molecule has 15 heavy (non-hydrogen) atoms. The van der Waals surface area contributed by atoms with E-state index in [1.165, 1.54) is 13.0 Å². The van der Waals surface area contributed by atoms with Crippen LogP contribution in [-0.4, -0.2) is 0 Å². The first kappa shape index (κ1) is 12.0. The molecule has 0 fully saturated rings. The Bertz CT molecular complexity index is 364. The predicted octanol–water partition coefficient (Wildman–Crippen LogP) is 4.28. The van der Waals surface area contributed by atoms with Crippen LogP contribution < -0.4 is 0 Å². The standard InChI is InChI=1S/C11H12F4/c1-6(2)8-4-7(3)10(12)9(5-8)11(13,14)15/h4-6H,1-3H3. The van der Waals surface area contributed by atoms with E-state index in [2.05, 4.69) is 0 Å². The minimum absolute atomic E-state index is 0.0357. The van der Waals surface area contributed by atoms with Crippen molar-refractivity contribution in [1.82, 2.24) is 0 Å². The van der Waals surface area contributed by atoms with Gasteiger partial charge in [-0.2, -0.15) is 13.2 Å². The number of hydrogen-bond donors (Lipinski definition) is 0. The van der Waals surface area contributed by atoms with Gasteiger partial charge in [0, 0.05) is 0 Å². The predicted molar refractivity (Wildman–Crippen MR) is 50.2 cm³/mol. The van der Waals surface area contributed by atoms with Crippen LogP contribution in [0.1, 0.15) is 36.5 Å². The highest BCUT2D eigenvalue weighted by molar-refractivity contribution is 5.34. The normalized spacial score (nSPS) is 12.3. The summed E-state index contributed by atoms with van der Waals surface area (Å²) in [5, 5.41) is 0. The first-order chi connectivity index (χ1) is 6.73. The van der Waals surface area contributed by atoms with Crippen LogP contribution in [-0.2, 0) is 6.18 Å². The fraction of sp³-hybridized carbons (Fsp3) is 0.455. The van der Waals surface area contributed by atoms with Gasteiger partial charge in [0.1, 0.15) is 5.82 Å². The SMILES string of the molecule is Cc1cc(C(C)C)cc(C(F)(F)F)c1F. The fourth-order valence-electron chi connectivity index (χ4n) is 1.34. The molecule has 0 atom stereocenters. The van der Waals surface area contributed by atoms with Crippen molar-refractivity contribution in [3.63, 3.8) is 0 Å². The minimum Gasteiger partial charge on any atom is -0.206 e. The monoisotopic (exact) mass is 220 g/mol. The maximum Gasteiger partial charge on any atom is 0.419 e. The van der Waals surface area contributed by atoms with Crippen molar-refractivity contribution in [2.75, 3.05) is 0 Å². The Hall–Kier alpha value is -1.06. The second kappa shape index (κ2) is 3.83. The van der Waals surface area contributed by atoms with Crippen LogP contribution in [0.5, 0.6) is 0 Å². The van der Waals surface area contributed by atoms with Gasteiger partial charge in [0.25, 0.3) is 0 Å². The van der Waals surface area contributed by atoms with Gasteiger partial charge in [-0.1, -0.05) is 19.9 Å². The lowest BCUT2D eigenvalue weighted by atomic mass is 9.97. The van der Waals surface area contributed by atoms with E-state index in [0.29, 0.717) is 5.56 Å². The third kappa shape index (κ3) is 2.49. The highest BCUT2D eigenvalue weighted by atomic mass is 19.4. The van der Waals surface area contributed by atoms with Gasteiger partial charge in [0.05, 0.1) is 5.56 Å². The molecule has 0 spiro atoms. The lowest BCUT2D eigenvalue weighted by Crippen LogP contribution is -2.10. The zero-order valence-electron chi connectivity index (χ0n) is 8.74. The summed E-state index contributed by atoms with van der Waals surface area (Å²) in [4.78, 5) is 0. The van der Waals surface area contributed by atoms with Crippen LogP contribution in [0.4, 0.5) is 17.6 Å². The maximum absolute atomic E-state index is 13.2. The Morgan fingerprint density at radius 1 is 1.13 bits per heavy atom. The molecule has 0 radical (unpaired) electrons. The van der Waals surface area contributed by atoms with E-state index in [9.17, 15) is 17.6 Å². The molecule has 0 heterocycles. The van der Waals surface area contributed by atoms with Gasteiger partial charge in [-0.15, -0.1) is 0 Å². The van der Waals surface area contributed by atoms with Gasteiger partial charge in [-0.3, -0.25) is 0 Å². The average molecular weight is 220 g/mol. The van der Waals surface area contributed by atoms with Crippen molar-refractivity contribution in [2.24, 2.45) is 0 Å². The molecule has 0 amide bonds. The number of rotatable bonds is 1. The topological polar surface area (TPSA) is 0 Å². The molecule has 0 aliphatic heterocycles. The zero-order chi connectivity index (χ0) is 11.8. The van der Waals surface area contributed by atoms with Crippen molar-refractivity contribution in [3.05, 3.63) is 34.6 Å². The Morgan fingerprint density at radius 2 is 1.67 bits per heavy atom. The van der Waals surface area contributed by atoms with E-state index in [1.807, 2.05) is 0 Å². The quantitative estimate of drug-likeness (QED) is 0.620. The van der Waals surface area contributed by atoms with E-state index in [4.69, 9.17) is 0 Å². The molecule has 0 nitrogen and oxygen atoms in total. The highest BCUT2D eigenvalue weighted by Crippen LogP contribution is 2.34. The van der Waals surface area contributed by atoms with Gasteiger partial charge in [-0.25, -0.2) is 4.39 Å². The van der Waals surface area contributed by atoms with Crippen LogP contribution in [0.3, 0.4) is 0 Å². The van der Waals surface area contributed by atoms with Gasteiger partial charge in [0.2, 0.25) is 0 Å². The molecular weight excluding hydrogens is 208 g/mol. The molecule has 1 aromatic carbocycles. The molecule has 0 aliphatic carbocycles. The summed E-state index contributed by atoms with van der Waals surface area (Å²) in [6.45, 7) is 4.89. The molecule has 0 bridgehead atoms. The number of alkyl halides is 3. The van der Waals surface area contributed by atoms with Gasteiger partial charge in [0.15, 0.2) is 0 Å². The van der Waals surface area contributed by atoms with Crippen molar-refractivity contribution < 1.29 is 17.6 Å². The van der Waals surface area contributed by atoms with Crippen LogP contribution in [0.2, 0.25) is 0 Å². The lowest BCUT2D eigenvalue weighted by molar-refractivity contribution is -0.140. The van der Waals surface area contributed by atoms with Crippen molar-refractivity contribution in [1.29, 1.82) is 0 Å². The smallest absolute Gasteiger partial charge is 0.206 e. The molecule has 0 aliphatic rings. The second-order valence-electron chi connectivity index (χ2n) is 3.85. The molecule has 0 N–H and O–H groups in total. The van der Waals surface area contributed by atoms with Crippen LogP contribution in [0, 0.1) is 12.7 Å². The third-order valence-electron chi connectivity index (χ3n) is 2.25. The molecule has 1 rings (SSSR count). The molecular formula is C11H12F4. The Labute approximate surface area is 85.9 Å². The average Bonchev–Trinajstić information content (AvgIpc) is 2.06. The molecule has 1 aromatic rings. The summed E-state index contributed by atoms with van der Waals surface area (Å²) >= 11 is 0. The van der Waals surface area contributed by atoms with Crippen LogP contribution in [0.25, 0.3) is 0 Å². The Kier molecular flexibility index (Phi) is 3.07. The van der Waals surface area contributed by atoms with E-state index in [0.717, 1.165) is 6.07 Å². The summed E-state index contributed by atoms with van der Waals surface area (Å²) in [5.74, 6) is -1.22. The van der Waals surface area contributed by atoms with Crippen molar-refractivity contribution in [3.8, 4) is 0 Å². The van der Waals surface area contributed by atoms with E-state index in [1.54, 1.807) is 13.8 Å². The maximum atomic E-state index is 13.2. The molecule has 4 heteroatoms. The molecule has 0 aromatic heterocycles. The molecule has 0 saturated carbocycles. The highest BCUT2D eigenvalue weighted by Gasteiger charge is 2.35. The summed E-state index contributed by atoms with van der Waals surface area (Å²) in [7, 11) is 0. The van der Waals surface area contributed by atoms with E-state index >= 15 is 0 Å². The first-order valence-electron chi connectivity index (χ1n) is 4.60. The van der Waals surface area contributed by atoms with Crippen molar-refractivity contribution in [2.45, 2.75) is 32.9 Å². The van der Waals surface area contributed by atoms with E-state index < -0.39 is 17.6 Å². The summed E-state index contributed by atoms with van der Waals surface area (Å²) in [6, 6.07) is 2.34. The number of benzene rings is 1. The van der Waals surface area contributed by atoms with Crippen LogP contribution in [0.15, 0.2) is 12.1 Å². The fourth-order valence-corrected chi connectivity index (χ4v) is 1.34. The number of hydrogen-bond acceptors (Lipinski definition) is 0. The van der Waals surface area contributed by atoms with E-state index in [-0.39, 0.29) is 11.5 Å². The second-order valence-corrected chi connectivity index (χ2v) is 3.85. The summed E-state index contributed by atoms with van der Waals surface area (Å²) < 4.78 is 50.5.